The highest BCUT2D eigenvalue weighted by Crippen LogP contribution is 2.19. The minimum Gasteiger partial charge on any atom is -0.496 e. The van der Waals surface area contributed by atoms with Gasteiger partial charge in [-0.3, -0.25) is 0 Å². The van der Waals surface area contributed by atoms with E-state index in [2.05, 4.69) is 29.6 Å². The number of aryl methyl sites for hydroxylation is 1. The van der Waals surface area contributed by atoms with Crippen LogP contribution in [0.15, 0.2) is 24.3 Å². The van der Waals surface area contributed by atoms with Crippen LogP contribution in [0.5, 0.6) is 5.75 Å². The lowest BCUT2D eigenvalue weighted by atomic mass is 10.1. The molecule has 0 bridgehead atoms. The number of methoxy groups -OCH3 is 1. The van der Waals surface area contributed by atoms with Crippen molar-refractivity contribution in [2.24, 2.45) is 0 Å². The van der Waals surface area contributed by atoms with Gasteiger partial charge >= 0.3 is 0 Å². The number of rotatable bonds is 4. The van der Waals surface area contributed by atoms with Gasteiger partial charge in [-0.05, 0) is 31.2 Å². The first-order valence-electron chi connectivity index (χ1n) is 4.73. The normalized spacial score (nSPS) is 10.8. The summed E-state index contributed by atoms with van der Waals surface area (Å²) in [5.41, 5.74) is 2.33. The Morgan fingerprint density at radius 3 is 2.86 bits per heavy atom. The quantitative estimate of drug-likeness (QED) is 0.788. The molecule has 1 rings (SSSR count). The van der Waals surface area contributed by atoms with Gasteiger partial charge in [-0.25, -0.2) is 0 Å². The first-order chi connectivity index (χ1) is 6.77. The molecule has 0 saturated carbocycles. The third kappa shape index (κ3) is 2.89. The summed E-state index contributed by atoms with van der Waals surface area (Å²) in [6, 6.07) is 6.20. The van der Waals surface area contributed by atoms with E-state index in [-0.39, 0.29) is 0 Å². The summed E-state index contributed by atoms with van der Waals surface area (Å²) in [5.74, 6) is 0.941. The van der Waals surface area contributed by atoms with Gasteiger partial charge in [-0.15, -0.1) is 0 Å². The Balaban J connectivity index is 2.79. The van der Waals surface area contributed by atoms with Crippen molar-refractivity contribution < 1.29 is 4.74 Å². The van der Waals surface area contributed by atoms with Gasteiger partial charge in [-0.1, -0.05) is 24.3 Å². The lowest BCUT2D eigenvalue weighted by Crippen LogP contribution is -2.03. The van der Waals surface area contributed by atoms with Gasteiger partial charge in [0.25, 0.3) is 0 Å². The fourth-order valence-electron chi connectivity index (χ4n) is 1.25. The maximum absolute atomic E-state index is 5.24. The molecule has 1 N–H and O–H groups in total. The molecule has 0 aromatic heterocycles. The van der Waals surface area contributed by atoms with Crippen LogP contribution < -0.4 is 10.1 Å². The van der Waals surface area contributed by atoms with Crippen LogP contribution in [0.25, 0.3) is 6.08 Å². The number of likely N-dealkylation sites (N-methyl/N-ethyl adjacent to an activating group) is 1. The second-order valence-electron chi connectivity index (χ2n) is 3.19. The van der Waals surface area contributed by atoms with Crippen molar-refractivity contribution in [2.45, 2.75) is 6.92 Å². The molecule has 0 aliphatic heterocycles. The number of ether oxygens (including phenoxy) is 1. The minimum atomic E-state index is 0.885. The summed E-state index contributed by atoms with van der Waals surface area (Å²) in [4.78, 5) is 0. The van der Waals surface area contributed by atoms with Crippen molar-refractivity contribution in [3.63, 3.8) is 0 Å². The van der Waals surface area contributed by atoms with Crippen LogP contribution in [0.2, 0.25) is 0 Å². The fourth-order valence-corrected chi connectivity index (χ4v) is 1.25. The molecule has 1 aromatic carbocycles. The number of nitrogens with one attached hydrogen (secondary N) is 1. The van der Waals surface area contributed by atoms with Crippen molar-refractivity contribution in [3.05, 3.63) is 35.4 Å². The fraction of sp³-hybridized carbons (Fsp3) is 0.333. The molecule has 76 valence electrons. The topological polar surface area (TPSA) is 21.3 Å². The van der Waals surface area contributed by atoms with Crippen LogP contribution in [0, 0.1) is 6.92 Å². The van der Waals surface area contributed by atoms with E-state index in [0.29, 0.717) is 0 Å². The zero-order chi connectivity index (χ0) is 10.4. The Hall–Kier alpha value is -1.28. The summed E-state index contributed by atoms with van der Waals surface area (Å²) in [6.07, 6.45) is 4.17. The molecule has 2 nitrogen and oxygen atoms in total. The Morgan fingerprint density at radius 1 is 1.43 bits per heavy atom. The van der Waals surface area contributed by atoms with Gasteiger partial charge in [-0.2, -0.15) is 0 Å². The summed E-state index contributed by atoms with van der Waals surface area (Å²) < 4.78 is 5.24. The average Bonchev–Trinajstić information content (AvgIpc) is 2.21. The Labute approximate surface area is 85.6 Å². The summed E-state index contributed by atoms with van der Waals surface area (Å²) in [7, 11) is 3.63. The summed E-state index contributed by atoms with van der Waals surface area (Å²) in [5, 5.41) is 3.06. The highest BCUT2D eigenvalue weighted by molar-refractivity contribution is 5.53. The molecular formula is C12H17NO. The second-order valence-corrected chi connectivity index (χ2v) is 3.19. The maximum atomic E-state index is 5.24. The SMILES string of the molecule is CNCC=Cc1ccc(C)c(OC)c1. The van der Waals surface area contributed by atoms with Gasteiger partial charge < -0.3 is 10.1 Å². The molecular weight excluding hydrogens is 174 g/mol. The van der Waals surface area contributed by atoms with E-state index in [9.17, 15) is 0 Å². The molecule has 0 atom stereocenters. The molecule has 0 heterocycles. The Bertz CT molecular complexity index is 318. The highest BCUT2D eigenvalue weighted by Gasteiger charge is 1.96. The maximum Gasteiger partial charge on any atom is 0.122 e. The first-order valence-corrected chi connectivity index (χ1v) is 4.73. The number of hydrogen-bond donors (Lipinski definition) is 1. The van der Waals surface area contributed by atoms with Gasteiger partial charge in [0, 0.05) is 6.54 Å². The van der Waals surface area contributed by atoms with Gasteiger partial charge in [0.15, 0.2) is 0 Å². The van der Waals surface area contributed by atoms with E-state index in [0.717, 1.165) is 12.3 Å². The van der Waals surface area contributed by atoms with Crippen LogP contribution in [0.4, 0.5) is 0 Å². The average molecular weight is 191 g/mol. The largest absolute Gasteiger partial charge is 0.496 e. The molecule has 0 fully saturated rings. The predicted molar refractivity (Wildman–Crippen MR) is 60.7 cm³/mol. The summed E-state index contributed by atoms with van der Waals surface area (Å²) >= 11 is 0. The summed E-state index contributed by atoms with van der Waals surface area (Å²) in [6.45, 7) is 2.93. The van der Waals surface area contributed by atoms with Crippen molar-refractivity contribution >= 4 is 6.08 Å². The van der Waals surface area contributed by atoms with Crippen LogP contribution in [-0.2, 0) is 0 Å². The number of benzene rings is 1. The molecule has 2 heteroatoms. The number of hydrogen-bond acceptors (Lipinski definition) is 2. The van der Waals surface area contributed by atoms with Crippen LogP contribution in [0.3, 0.4) is 0 Å². The van der Waals surface area contributed by atoms with Crippen LogP contribution in [0.1, 0.15) is 11.1 Å². The molecule has 14 heavy (non-hydrogen) atoms. The van der Waals surface area contributed by atoms with E-state index in [1.165, 1.54) is 11.1 Å². The van der Waals surface area contributed by atoms with Gasteiger partial charge in [0.1, 0.15) is 5.75 Å². The van der Waals surface area contributed by atoms with E-state index in [4.69, 9.17) is 4.74 Å². The van der Waals surface area contributed by atoms with Crippen molar-refractivity contribution in [3.8, 4) is 5.75 Å². The molecule has 0 aliphatic carbocycles. The van der Waals surface area contributed by atoms with E-state index in [1.807, 2.05) is 20.0 Å². The lowest BCUT2D eigenvalue weighted by Gasteiger charge is -2.04. The lowest BCUT2D eigenvalue weighted by molar-refractivity contribution is 0.411. The molecule has 0 aliphatic rings. The van der Waals surface area contributed by atoms with Crippen LogP contribution in [-0.4, -0.2) is 20.7 Å². The van der Waals surface area contributed by atoms with E-state index < -0.39 is 0 Å². The Kier molecular flexibility index (Phi) is 4.20. The molecule has 0 unspecified atom stereocenters. The minimum absolute atomic E-state index is 0.885. The molecule has 0 amide bonds. The Morgan fingerprint density at radius 2 is 2.21 bits per heavy atom. The van der Waals surface area contributed by atoms with Crippen molar-refractivity contribution in [1.29, 1.82) is 0 Å². The smallest absolute Gasteiger partial charge is 0.122 e. The predicted octanol–water partition coefficient (Wildman–Crippen LogP) is 2.24. The van der Waals surface area contributed by atoms with E-state index in [1.54, 1.807) is 7.11 Å². The van der Waals surface area contributed by atoms with Crippen molar-refractivity contribution in [1.82, 2.24) is 5.32 Å². The van der Waals surface area contributed by atoms with Gasteiger partial charge in [0.2, 0.25) is 0 Å². The second kappa shape index (κ2) is 5.45. The van der Waals surface area contributed by atoms with Gasteiger partial charge in [0.05, 0.1) is 7.11 Å². The molecule has 0 radical (unpaired) electrons. The third-order valence-electron chi connectivity index (χ3n) is 2.06. The van der Waals surface area contributed by atoms with E-state index >= 15 is 0 Å². The highest BCUT2D eigenvalue weighted by atomic mass is 16.5. The molecule has 0 saturated heterocycles. The first kappa shape index (κ1) is 10.8. The zero-order valence-electron chi connectivity index (χ0n) is 9.00. The third-order valence-corrected chi connectivity index (χ3v) is 2.06. The zero-order valence-corrected chi connectivity index (χ0v) is 9.00. The molecule has 1 aromatic rings. The molecule has 0 spiro atoms. The standard InChI is InChI=1S/C12H17NO/c1-10-6-7-11(5-4-8-13-2)9-12(10)14-3/h4-7,9,13H,8H2,1-3H3. The van der Waals surface area contributed by atoms with Crippen LogP contribution >= 0.6 is 0 Å². The van der Waals surface area contributed by atoms with Crippen molar-refractivity contribution in [2.75, 3.05) is 20.7 Å². The monoisotopic (exact) mass is 191 g/mol.